The second kappa shape index (κ2) is 5.92. The highest BCUT2D eigenvalue weighted by Crippen LogP contribution is 2.24. The van der Waals surface area contributed by atoms with Crippen LogP contribution in [0.1, 0.15) is 26.3 Å². The first kappa shape index (κ1) is 15.0. The minimum Gasteiger partial charge on any atom is -0.393 e. The molecule has 2 heterocycles. The lowest BCUT2D eigenvalue weighted by Crippen LogP contribution is -2.40. The van der Waals surface area contributed by atoms with Crippen molar-refractivity contribution in [3.05, 3.63) is 30.2 Å². The minimum absolute atomic E-state index is 0.108. The van der Waals surface area contributed by atoms with Crippen molar-refractivity contribution in [2.45, 2.75) is 33.2 Å². The van der Waals surface area contributed by atoms with Gasteiger partial charge in [-0.1, -0.05) is 0 Å². The maximum atomic E-state index is 6.08. The van der Waals surface area contributed by atoms with Gasteiger partial charge in [-0.15, -0.1) is 0 Å². The largest absolute Gasteiger partial charge is 0.393 e. The second-order valence-electron chi connectivity index (χ2n) is 5.83. The van der Waals surface area contributed by atoms with E-state index in [-0.39, 0.29) is 5.54 Å². The van der Waals surface area contributed by atoms with Crippen LogP contribution < -0.4 is 21.9 Å². The van der Waals surface area contributed by atoms with Crippen LogP contribution in [0.25, 0.3) is 0 Å². The van der Waals surface area contributed by atoms with E-state index in [1.807, 2.05) is 39.8 Å². The van der Waals surface area contributed by atoms with Gasteiger partial charge in [0.05, 0.1) is 0 Å². The standard InChI is InChI=1S/C14H21N7/c1-9-5-6-16-10(7-9)19-12-11(15)13(18-8-17-12)20-21-14(2,3)4/h5-8,21H,15H2,1-4H3,(H2,16,17,18,19,20). The van der Waals surface area contributed by atoms with Crippen molar-refractivity contribution in [2.24, 2.45) is 0 Å². The predicted octanol–water partition coefficient (Wildman–Crippen LogP) is 2.22. The molecular weight excluding hydrogens is 266 g/mol. The molecule has 7 nitrogen and oxygen atoms in total. The maximum absolute atomic E-state index is 6.08. The van der Waals surface area contributed by atoms with Gasteiger partial charge in [-0.2, -0.15) is 0 Å². The van der Waals surface area contributed by atoms with Crippen molar-refractivity contribution in [2.75, 3.05) is 16.5 Å². The summed E-state index contributed by atoms with van der Waals surface area (Å²) >= 11 is 0. The predicted molar refractivity (Wildman–Crippen MR) is 85.2 cm³/mol. The molecule has 0 aliphatic heterocycles. The van der Waals surface area contributed by atoms with Gasteiger partial charge in [0.2, 0.25) is 0 Å². The Morgan fingerprint density at radius 3 is 2.48 bits per heavy atom. The molecule has 0 aliphatic rings. The summed E-state index contributed by atoms with van der Waals surface area (Å²) in [6, 6.07) is 3.84. The van der Waals surface area contributed by atoms with Crippen molar-refractivity contribution in [1.82, 2.24) is 20.4 Å². The summed E-state index contributed by atoms with van der Waals surface area (Å²) < 4.78 is 0. The third kappa shape index (κ3) is 4.28. The molecule has 0 spiro atoms. The number of nitrogen functional groups attached to an aromatic ring is 1. The third-order valence-corrected chi connectivity index (χ3v) is 2.60. The van der Waals surface area contributed by atoms with Crippen LogP contribution in [0.3, 0.4) is 0 Å². The Morgan fingerprint density at radius 2 is 1.81 bits per heavy atom. The third-order valence-electron chi connectivity index (χ3n) is 2.60. The Balaban J connectivity index is 2.17. The molecule has 0 aliphatic carbocycles. The fourth-order valence-electron chi connectivity index (χ4n) is 1.57. The van der Waals surface area contributed by atoms with Crippen LogP contribution in [0.4, 0.5) is 23.1 Å². The molecular formula is C14H21N7. The zero-order valence-electron chi connectivity index (χ0n) is 12.7. The van der Waals surface area contributed by atoms with E-state index >= 15 is 0 Å². The van der Waals surface area contributed by atoms with E-state index in [9.17, 15) is 0 Å². The number of anilines is 4. The van der Waals surface area contributed by atoms with E-state index in [1.165, 1.54) is 6.33 Å². The summed E-state index contributed by atoms with van der Waals surface area (Å²) in [5.41, 5.74) is 13.6. The first-order chi connectivity index (χ1) is 9.85. The highest BCUT2D eigenvalue weighted by Gasteiger charge is 2.12. The van der Waals surface area contributed by atoms with Crippen LogP contribution in [0, 0.1) is 6.92 Å². The van der Waals surface area contributed by atoms with Gasteiger partial charge < -0.3 is 16.5 Å². The molecule has 0 aromatic carbocycles. The van der Waals surface area contributed by atoms with Crippen molar-refractivity contribution in [3.8, 4) is 0 Å². The quantitative estimate of drug-likeness (QED) is 0.640. The molecule has 5 N–H and O–H groups in total. The fourth-order valence-corrected chi connectivity index (χ4v) is 1.57. The molecule has 21 heavy (non-hydrogen) atoms. The number of aryl methyl sites for hydroxylation is 1. The smallest absolute Gasteiger partial charge is 0.169 e. The molecule has 112 valence electrons. The summed E-state index contributed by atoms with van der Waals surface area (Å²) in [4.78, 5) is 12.5. The van der Waals surface area contributed by atoms with Gasteiger partial charge in [-0.3, -0.25) is 0 Å². The fraction of sp³-hybridized carbons (Fsp3) is 0.357. The minimum atomic E-state index is -0.108. The topological polar surface area (TPSA) is 101 Å². The average molecular weight is 287 g/mol. The van der Waals surface area contributed by atoms with Gasteiger partial charge in [0.1, 0.15) is 17.8 Å². The zero-order chi connectivity index (χ0) is 15.5. The number of nitrogens with two attached hydrogens (primary N) is 1. The summed E-state index contributed by atoms with van der Waals surface area (Å²) in [7, 11) is 0. The first-order valence-electron chi connectivity index (χ1n) is 6.68. The monoisotopic (exact) mass is 287 g/mol. The summed E-state index contributed by atoms with van der Waals surface area (Å²) in [6.45, 7) is 8.10. The number of hydrogen-bond acceptors (Lipinski definition) is 7. The van der Waals surface area contributed by atoms with E-state index in [2.05, 4.69) is 31.1 Å². The van der Waals surface area contributed by atoms with Gasteiger partial charge in [0.25, 0.3) is 0 Å². The molecule has 0 bridgehead atoms. The average Bonchev–Trinajstić information content (AvgIpc) is 2.39. The Morgan fingerprint density at radius 1 is 1.10 bits per heavy atom. The summed E-state index contributed by atoms with van der Waals surface area (Å²) in [5.74, 6) is 1.73. The molecule has 0 saturated carbocycles. The van der Waals surface area contributed by atoms with Crippen molar-refractivity contribution >= 4 is 23.1 Å². The van der Waals surface area contributed by atoms with E-state index in [0.29, 0.717) is 23.1 Å². The number of nitrogens with zero attached hydrogens (tertiary/aromatic N) is 3. The molecule has 0 unspecified atom stereocenters. The van der Waals surface area contributed by atoms with Gasteiger partial charge in [0, 0.05) is 11.7 Å². The molecule has 0 fully saturated rings. The van der Waals surface area contributed by atoms with Crippen LogP contribution in [-0.4, -0.2) is 20.5 Å². The Kier molecular flexibility index (Phi) is 4.23. The van der Waals surface area contributed by atoms with E-state index in [1.54, 1.807) is 6.20 Å². The molecule has 0 radical (unpaired) electrons. The number of hydrazine groups is 1. The molecule has 0 amide bonds. The molecule has 0 atom stereocenters. The second-order valence-corrected chi connectivity index (χ2v) is 5.83. The highest BCUT2D eigenvalue weighted by molar-refractivity contribution is 5.76. The number of pyridine rings is 1. The molecule has 0 saturated heterocycles. The van der Waals surface area contributed by atoms with Crippen LogP contribution in [-0.2, 0) is 0 Å². The molecule has 2 rings (SSSR count). The maximum Gasteiger partial charge on any atom is 0.169 e. The lowest BCUT2D eigenvalue weighted by molar-refractivity contribution is 0.464. The van der Waals surface area contributed by atoms with Crippen molar-refractivity contribution < 1.29 is 0 Å². The zero-order valence-corrected chi connectivity index (χ0v) is 12.7. The first-order valence-corrected chi connectivity index (χ1v) is 6.68. The number of hydrogen-bond donors (Lipinski definition) is 4. The molecule has 7 heteroatoms. The summed E-state index contributed by atoms with van der Waals surface area (Å²) in [5, 5.41) is 3.10. The van der Waals surface area contributed by atoms with E-state index < -0.39 is 0 Å². The van der Waals surface area contributed by atoms with Gasteiger partial charge in [-0.25, -0.2) is 20.4 Å². The number of nitrogens with one attached hydrogen (secondary N) is 3. The molecule has 2 aromatic heterocycles. The van der Waals surface area contributed by atoms with Gasteiger partial charge in [0.15, 0.2) is 11.6 Å². The normalized spacial score (nSPS) is 11.2. The SMILES string of the molecule is Cc1ccnc(Nc2ncnc(NNC(C)(C)C)c2N)c1. The van der Waals surface area contributed by atoms with Gasteiger partial charge >= 0.3 is 0 Å². The lowest BCUT2D eigenvalue weighted by atomic mass is 10.1. The van der Waals surface area contributed by atoms with Crippen molar-refractivity contribution in [1.29, 1.82) is 0 Å². The van der Waals surface area contributed by atoms with Gasteiger partial charge in [-0.05, 0) is 45.4 Å². The van der Waals surface area contributed by atoms with Crippen LogP contribution in [0.15, 0.2) is 24.7 Å². The Labute approximate surface area is 124 Å². The van der Waals surface area contributed by atoms with Crippen molar-refractivity contribution in [3.63, 3.8) is 0 Å². The van der Waals surface area contributed by atoms with E-state index in [0.717, 1.165) is 5.56 Å². The Hall–Kier alpha value is -2.41. The number of rotatable bonds is 4. The summed E-state index contributed by atoms with van der Waals surface area (Å²) in [6.07, 6.45) is 3.18. The highest BCUT2D eigenvalue weighted by atomic mass is 15.4. The van der Waals surface area contributed by atoms with Crippen LogP contribution in [0.5, 0.6) is 0 Å². The number of aromatic nitrogens is 3. The lowest BCUT2D eigenvalue weighted by Gasteiger charge is -2.22. The van der Waals surface area contributed by atoms with Crippen LogP contribution >= 0.6 is 0 Å². The van der Waals surface area contributed by atoms with Crippen LogP contribution in [0.2, 0.25) is 0 Å². The Bertz CT molecular complexity index is 619. The van der Waals surface area contributed by atoms with E-state index in [4.69, 9.17) is 5.73 Å². The molecule has 2 aromatic rings.